The van der Waals surface area contributed by atoms with Gasteiger partial charge in [-0.15, -0.1) is 0 Å². The van der Waals surface area contributed by atoms with E-state index in [0.717, 1.165) is 13.3 Å². The molecule has 1 aliphatic rings. The molecule has 0 bridgehead atoms. The molecule has 0 spiro atoms. The van der Waals surface area contributed by atoms with Crippen LogP contribution < -0.4 is 5.73 Å². The topological polar surface area (TPSA) is 35.2 Å². The van der Waals surface area contributed by atoms with E-state index in [2.05, 4.69) is 0 Å². The quantitative estimate of drug-likeness (QED) is 0.739. The number of alkyl halides is 2. The third kappa shape index (κ3) is 3.56. The number of nitrogens with two attached hydrogens (primary N) is 1. The first kappa shape index (κ1) is 10.9. The maximum Gasteiger partial charge on any atom is 0.245 e. The van der Waals surface area contributed by atoms with Crippen molar-refractivity contribution in [3.8, 4) is 0 Å². The Bertz CT molecular complexity index is 158. The Hall–Kier alpha value is -0.220. The summed E-state index contributed by atoms with van der Waals surface area (Å²) in [4.78, 5) is 0. The second-order valence-corrected chi connectivity index (χ2v) is 3.89. The van der Waals surface area contributed by atoms with Crippen molar-refractivity contribution in [1.82, 2.24) is 0 Å². The van der Waals surface area contributed by atoms with Crippen molar-refractivity contribution in [1.29, 1.82) is 0 Å². The van der Waals surface area contributed by atoms with Crippen molar-refractivity contribution >= 4 is 0 Å². The summed E-state index contributed by atoms with van der Waals surface area (Å²) in [6.07, 6.45) is 0.714. The molecular weight excluding hydrogens is 176 g/mol. The minimum absolute atomic E-state index is 0.0706. The minimum Gasteiger partial charge on any atom is -0.381 e. The number of rotatable bonds is 3. The molecule has 0 radical (unpaired) electrons. The van der Waals surface area contributed by atoms with E-state index in [-0.39, 0.29) is 18.3 Å². The van der Waals surface area contributed by atoms with Crippen LogP contribution in [0.25, 0.3) is 0 Å². The predicted molar refractivity (Wildman–Crippen MR) is 46.7 cm³/mol. The first-order valence-electron chi connectivity index (χ1n) is 4.68. The van der Waals surface area contributed by atoms with Gasteiger partial charge in [-0.1, -0.05) is 0 Å². The van der Waals surface area contributed by atoms with Crippen LogP contribution in [0.3, 0.4) is 0 Å². The van der Waals surface area contributed by atoms with Gasteiger partial charge in [-0.2, -0.15) is 0 Å². The first-order valence-corrected chi connectivity index (χ1v) is 4.68. The summed E-state index contributed by atoms with van der Waals surface area (Å²) in [6.45, 7) is 2.54. The molecule has 0 aliphatic carbocycles. The number of ether oxygens (including phenoxy) is 1. The molecule has 0 aromatic heterocycles. The molecule has 2 unspecified atom stereocenters. The molecule has 1 saturated heterocycles. The lowest BCUT2D eigenvalue weighted by Gasteiger charge is -2.32. The number of hydrogen-bond acceptors (Lipinski definition) is 2. The van der Waals surface area contributed by atoms with Crippen molar-refractivity contribution in [3.63, 3.8) is 0 Å². The maximum atomic E-state index is 12.7. The van der Waals surface area contributed by atoms with Gasteiger partial charge in [0.15, 0.2) is 0 Å². The summed E-state index contributed by atoms with van der Waals surface area (Å²) in [5, 5.41) is 0. The fourth-order valence-electron chi connectivity index (χ4n) is 1.84. The molecule has 1 rings (SSSR count). The van der Waals surface area contributed by atoms with Crippen LogP contribution in [0.1, 0.15) is 19.8 Å². The van der Waals surface area contributed by atoms with Crippen molar-refractivity contribution in [2.45, 2.75) is 25.7 Å². The Balaban J connectivity index is 2.45. The van der Waals surface area contributed by atoms with Gasteiger partial charge < -0.3 is 10.5 Å². The van der Waals surface area contributed by atoms with E-state index in [1.54, 1.807) is 0 Å². The molecule has 0 saturated carbocycles. The van der Waals surface area contributed by atoms with Crippen LogP contribution in [0, 0.1) is 11.8 Å². The van der Waals surface area contributed by atoms with Gasteiger partial charge in [0.2, 0.25) is 5.92 Å². The van der Waals surface area contributed by atoms with E-state index in [0.29, 0.717) is 19.8 Å². The summed E-state index contributed by atoms with van der Waals surface area (Å²) in [6, 6.07) is 0. The highest BCUT2D eigenvalue weighted by Gasteiger charge is 2.33. The van der Waals surface area contributed by atoms with Gasteiger partial charge in [-0.3, -0.25) is 0 Å². The third-order valence-electron chi connectivity index (χ3n) is 2.55. The Morgan fingerprint density at radius 1 is 1.46 bits per heavy atom. The lowest BCUT2D eigenvalue weighted by molar-refractivity contribution is -0.0542. The van der Waals surface area contributed by atoms with Gasteiger partial charge in [0.05, 0.1) is 0 Å². The van der Waals surface area contributed by atoms with Gasteiger partial charge >= 0.3 is 0 Å². The molecule has 1 heterocycles. The zero-order valence-electron chi connectivity index (χ0n) is 7.93. The summed E-state index contributed by atoms with van der Waals surface area (Å²) >= 11 is 0. The average Bonchev–Trinajstić information content (AvgIpc) is 2.02. The molecule has 13 heavy (non-hydrogen) atoms. The van der Waals surface area contributed by atoms with Crippen molar-refractivity contribution in [2.24, 2.45) is 17.6 Å². The van der Waals surface area contributed by atoms with Crippen LogP contribution in [-0.4, -0.2) is 25.7 Å². The molecule has 1 aliphatic heterocycles. The molecule has 0 aromatic carbocycles. The fourth-order valence-corrected chi connectivity index (χ4v) is 1.84. The molecule has 2 N–H and O–H groups in total. The van der Waals surface area contributed by atoms with Crippen LogP contribution in [0.4, 0.5) is 8.78 Å². The highest BCUT2D eigenvalue weighted by Crippen LogP contribution is 2.31. The molecule has 4 heteroatoms. The lowest BCUT2D eigenvalue weighted by atomic mass is 9.84. The molecule has 0 aromatic rings. The minimum atomic E-state index is -2.60. The van der Waals surface area contributed by atoms with Gasteiger partial charge in [0.1, 0.15) is 0 Å². The fraction of sp³-hybridized carbons (Fsp3) is 1.00. The highest BCUT2D eigenvalue weighted by atomic mass is 19.3. The largest absolute Gasteiger partial charge is 0.381 e. The van der Waals surface area contributed by atoms with Crippen molar-refractivity contribution < 1.29 is 13.5 Å². The Morgan fingerprint density at radius 2 is 2.15 bits per heavy atom. The van der Waals surface area contributed by atoms with Crippen molar-refractivity contribution in [2.75, 3.05) is 19.8 Å². The standard InChI is InChI=1S/C9H17F2NO/c1-9(10,11)4-8-6-13-3-2-7(8)5-12/h7-8H,2-6,12H2,1H3. The molecule has 78 valence electrons. The molecule has 1 fully saturated rings. The van der Waals surface area contributed by atoms with Crippen molar-refractivity contribution in [3.05, 3.63) is 0 Å². The van der Waals surface area contributed by atoms with E-state index in [1.165, 1.54) is 0 Å². The van der Waals surface area contributed by atoms with Gasteiger partial charge in [-0.05, 0) is 31.7 Å². The smallest absolute Gasteiger partial charge is 0.245 e. The van der Waals surface area contributed by atoms with E-state index >= 15 is 0 Å². The van der Waals surface area contributed by atoms with Crippen LogP contribution in [0.5, 0.6) is 0 Å². The van der Waals surface area contributed by atoms with Gasteiger partial charge in [0.25, 0.3) is 0 Å². The van der Waals surface area contributed by atoms with Gasteiger partial charge in [0, 0.05) is 19.6 Å². The van der Waals surface area contributed by atoms with Gasteiger partial charge in [-0.25, -0.2) is 8.78 Å². The maximum absolute atomic E-state index is 12.7. The SMILES string of the molecule is CC(F)(F)CC1COCCC1CN. The average molecular weight is 193 g/mol. The van der Waals surface area contributed by atoms with Crippen LogP contribution in [0.15, 0.2) is 0 Å². The van der Waals surface area contributed by atoms with E-state index in [4.69, 9.17) is 10.5 Å². The predicted octanol–water partition coefficient (Wildman–Crippen LogP) is 1.64. The molecule has 2 nitrogen and oxygen atoms in total. The summed E-state index contributed by atoms with van der Waals surface area (Å²) in [5.41, 5.74) is 5.51. The third-order valence-corrected chi connectivity index (χ3v) is 2.55. The summed E-state index contributed by atoms with van der Waals surface area (Å²) < 4.78 is 30.6. The van der Waals surface area contributed by atoms with Crippen LogP contribution >= 0.6 is 0 Å². The molecule has 0 amide bonds. The summed E-state index contributed by atoms with van der Waals surface area (Å²) in [7, 11) is 0. The molecule has 2 atom stereocenters. The zero-order chi connectivity index (χ0) is 9.90. The number of hydrogen-bond donors (Lipinski definition) is 1. The highest BCUT2D eigenvalue weighted by molar-refractivity contribution is 4.78. The number of halogens is 2. The monoisotopic (exact) mass is 193 g/mol. The Kier molecular flexibility index (Phi) is 3.62. The Labute approximate surface area is 77.4 Å². The normalized spacial score (nSPS) is 30.5. The van der Waals surface area contributed by atoms with E-state index in [1.807, 2.05) is 0 Å². The summed E-state index contributed by atoms with van der Waals surface area (Å²) in [5.74, 6) is -2.46. The lowest BCUT2D eigenvalue weighted by Crippen LogP contribution is -2.35. The van der Waals surface area contributed by atoms with Crippen LogP contribution in [-0.2, 0) is 4.74 Å². The second kappa shape index (κ2) is 4.33. The van der Waals surface area contributed by atoms with Crippen LogP contribution in [0.2, 0.25) is 0 Å². The first-order chi connectivity index (χ1) is 6.03. The second-order valence-electron chi connectivity index (χ2n) is 3.89. The van der Waals surface area contributed by atoms with E-state index in [9.17, 15) is 8.78 Å². The zero-order valence-corrected chi connectivity index (χ0v) is 7.93. The molecular formula is C9H17F2NO. The van der Waals surface area contributed by atoms with E-state index < -0.39 is 5.92 Å². The Morgan fingerprint density at radius 3 is 2.69 bits per heavy atom.